The van der Waals surface area contributed by atoms with Crippen LogP contribution in [0.25, 0.3) is 0 Å². The van der Waals surface area contributed by atoms with E-state index in [-0.39, 0.29) is 11.9 Å². The van der Waals surface area contributed by atoms with Gasteiger partial charge in [-0.1, -0.05) is 13.8 Å². The van der Waals surface area contributed by atoms with Crippen LogP contribution in [-0.2, 0) is 9.53 Å². The van der Waals surface area contributed by atoms with Crippen LogP contribution >= 0.6 is 0 Å². The van der Waals surface area contributed by atoms with Gasteiger partial charge in [0.1, 0.15) is 11.6 Å². The number of hydrogen-bond donors (Lipinski definition) is 2. The Morgan fingerprint density at radius 1 is 1.22 bits per heavy atom. The molecule has 0 aromatic carbocycles. The maximum atomic E-state index is 12.5. The Balaban J connectivity index is 2.58. The molecule has 23 heavy (non-hydrogen) atoms. The molecule has 1 aliphatic rings. The van der Waals surface area contributed by atoms with Crippen molar-refractivity contribution in [2.75, 3.05) is 20.1 Å². The maximum absolute atomic E-state index is 12.5. The summed E-state index contributed by atoms with van der Waals surface area (Å²) in [6.45, 7) is 11.5. The zero-order chi connectivity index (χ0) is 17.6. The Kier molecular flexibility index (Phi) is 7.32. The Morgan fingerprint density at radius 3 is 2.26 bits per heavy atom. The van der Waals surface area contributed by atoms with Gasteiger partial charge in [-0.25, -0.2) is 4.79 Å². The Morgan fingerprint density at radius 2 is 1.78 bits per heavy atom. The Labute approximate surface area is 140 Å². The topological polar surface area (TPSA) is 70.7 Å². The number of carbonyl (C=O) groups is 2. The highest BCUT2D eigenvalue weighted by atomic mass is 16.6. The van der Waals surface area contributed by atoms with E-state index in [4.69, 9.17) is 4.74 Å². The van der Waals surface area contributed by atoms with E-state index >= 15 is 0 Å². The summed E-state index contributed by atoms with van der Waals surface area (Å²) in [5, 5.41) is 5.80. The van der Waals surface area contributed by atoms with Crippen LogP contribution in [0.2, 0.25) is 0 Å². The number of likely N-dealkylation sites (tertiary alicyclic amines) is 1. The Hall–Kier alpha value is -1.30. The van der Waals surface area contributed by atoms with Crippen LogP contribution in [0.15, 0.2) is 0 Å². The highest BCUT2D eigenvalue weighted by molar-refractivity contribution is 5.85. The summed E-state index contributed by atoms with van der Waals surface area (Å²) in [5.74, 6) is 0.192. The summed E-state index contributed by atoms with van der Waals surface area (Å²) in [5.41, 5.74) is -0.573. The number of alkyl carbamates (subject to hydrolysis) is 1. The second-order valence-corrected chi connectivity index (χ2v) is 7.91. The first-order chi connectivity index (χ1) is 10.6. The normalized spacial score (nSPS) is 18.6. The van der Waals surface area contributed by atoms with Gasteiger partial charge in [0.15, 0.2) is 0 Å². The van der Waals surface area contributed by atoms with E-state index in [1.807, 2.05) is 34.6 Å². The van der Waals surface area contributed by atoms with Crippen molar-refractivity contribution in [2.24, 2.45) is 5.92 Å². The first-order valence-electron chi connectivity index (χ1n) is 8.55. The third-order valence-corrected chi connectivity index (χ3v) is 3.78. The molecule has 1 atom stereocenters. The second kappa shape index (κ2) is 8.52. The lowest BCUT2D eigenvalue weighted by Gasteiger charge is -2.31. The molecule has 1 unspecified atom stereocenters. The molecule has 6 nitrogen and oxygen atoms in total. The lowest BCUT2D eigenvalue weighted by atomic mass is 10.0. The lowest BCUT2D eigenvalue weighted by molar-refractivity contribution is -0.124. The predicted molar refractivity (Wildman–Crippen MR) is 91.3 cm³/mol. The van der Waals surface area contributed by atoms with Crippen molar-refractivity contribution in [1.29, 1.82) is 0 Å². The van der Waals surface area contributed by atoms with Gasteiger partial charge in [0.2, 0.25) is 5.91 Å². The van der Waals surface area contributed by atoms with Crippen molar-refractivity contribution in [2.45, 2.75) is 71.6 Å². The van der Waals surface area contributed by atoms with E-state index in [1.54, 1.807) is 0 Å². The molecule has 1 saturated heterocycles. The fourth-order valence-corrected chi connectivity index (χ4v) is 2.61. The summed E-state index contributed by atoms with van der Waals surface area (Å²) < 4.78 is 5.27. The molecule has 1 heterocycles. The van der Waals surface area contributed by atoms with Crippen molar-refractivity contribution >= 4 is 12.0 Å². The summed E-state index contributed by atoms with van der Waals surface area (Å²) in [6.07, 6.45) is 1.95. The van der Waals surface area contributed by atoms with E-state index < -0.39 is 17.7 Å². The fourth-order valence-electron chi connectivity index (χ4n) is 2.61. The number of nitrogens with zero attached hydrogens (tertiary/aromatic N) is 1. The molecule has 0 radical (unpaired) electrons. The molecule has 134 valence electrons. The van der Waals surface area contributed by atoms with Crippen molar-refractivity contribution < 1.29 is 14.3 Å². The summed E-state index contributed by atoms with van der Waals surface area (Å²) in [4.78, 5) is 26.8. The molecule has 6 heteroatoms. The molecule has 0 saturated carbocycles. The van der Waals surface area contributed by atoms with E-state index in [9.17, 15) is 9.59 Å². The van der Waals surface area contributed by atoms with Crippen LogP contribution in [0.1, 0.15) is 53.9 Å². The fraction of sp³-hybridized carbons (Fsp3) is 0.882. The Bertz CT molecular complexity index is 396. The number of amides is 2. The molecule has 2 amide bonds. The molecule has 0 aliphatic carbocycles. The van der Waals surface area contributed by atoms with Crippen LogP contribution < -0.4 is 10.6 Å². The van der Waals surface area contributed by atoms with Crippen LogP contribution in [0, 0.1) is 5.92 Å². The van der Waals surface area contributed by atoms with Gasteiger partial charge in [0.25, 0.3) is 0 Å². The van der Waals surface area contributed by atoms with Crippen LogP contribution in [0.3, 0.4) is 0 Å². The largest absolute Gasteiger partial charge is 0.444 e. The van der Waals surface area contributed by atoms with E-state index in [0.29, 0.717) is 12.3 Å². The zero-order valence-electron chi connectivity index (χ0n) is 15.4. The second-order valence-electron chi connectivity index (χ2n) is 7.91. The number of nitrogens with one attached hydrogen (secondary N) is 2. The number of piperidine rings is 1. The average Bonchev–Trinajstić information content (AvgIpc) is 2.38. The minimum Gasteiger partial charge on any atom is -0.444 e. The summed E-state index contributed by atoms with van der Waals surface area (Å²) in [6, 6.07) is -0.363. The van der Waals surface area contributed by atoms with Crippen molar-refractivity contribution in [3.8, 4) is 0 Å². The van der Waals surface area contributed by atoms with Crippen LogP contribution in [0.5, 0.6) is 0 Å². The minimum atomic E-state index is -0.573. The molecule has 0 aromatic heterocycles. The molecule has 1 fully saturated rings. The first-order valence-corrected chi connectivity index (χ1v) is 8.55. The standard InChI is InChI=1S/C17H33N3O3/c1-12(2)11-14(19-16(22)23-17(3,4)5)15(21)18-13-7-9-20(6)10-8-13/h12-14H,7-11H2,1-6H3,(H,18,21)(H,19,22). The van der Waals surface area contributed by atoms with Gasteiger partial charge in [-0.3, -0.25) is 4.79 Å². The molecule has 0 aromatic rings. The molecule has 2 N–H and O–H groups in total. The van der Waals surface area contributed by atoms with Crippen LogP contribution in [0.4, 0.5) is 4.79 Å². The van der Waals surface area contributed by atoms with Crippen molar-refractivity contribution in [1.82, 2.24) is 15.5 Å². The lowest BCUT2D eigenvalue weighted by Crippen LogP contribution is -2.52. The van der Waals surface area contributed by atoms with Gasteiger partial charge in [-0.15, -0.1) is 0 Å². The molecule has 0 spiro atoms. The van der Waals surface area contributed by atoms with Gasteiger partial charge < -0.3 is 20.3 Å². The van der Waals surface area contributed by atoms with Crippen molar-refractivity contribution in [3.05, 3.63) is 0 Å². The van der Waals surface area contributed by atoms with E-state index in [1.165, 1.54) is 0 Å². The monoisotopic (exact) mass is 327 g/mol. The predicted octanol–water partition coefficient (Wildman–Crippen LogP) is 2.14. The average molecular weight is 327 g/mol. The first kappa shape index (κ1) is 19.7. The maximum Gasteiger partial charge on any atom is 0.408 e. The summed E-state index contributed by atoms with van der Waals surface area (Å²) in [7, 11) is 2.09. The molecular weight excluding hydrogens is 294 g/mol. The highest BCUT2D eigenvalue weighted by Gasteiger charge is 2.27. The summed E-state index contributed by atoms with van der Waals surface area (Å²) >= 11 is 0. The van der Waals surface area contributed by atoms with E-state index in [0.717, 1.165) is 25.9 Å². The molecule has 1 aliphatic heterocycles. The van der Waals surface area contributed by atoms with Gasteiger partial charge in [-0.2, -0.15) is 0 Å². The van der Waals surface area contributed by atoms with Gasteiger partial charge in [-0.05, 0) is 66.1 Å². The number of carbonyl (C=O) groups excluding carboxylic acids is 2. The third kappa shape index (κ3) is 8.21. The number of hydrogen-bond acceptors (Lipinski definition) is 4. The van der Waals surface area contributed by atoms with Crippen molar-refractivity contribution in [3.63, 3.8) is 0 Å². The number of rotatable bonds is 5. The third-order valence-electron chi connectivity index (χ3n) is 3.78. The molecule has 0 bridgehead atoms. The van der Waals surface area contributed by atoms with Gasteiger partial charge in [0.05, 0.1) is 0 Å². The zero-order valence-corrected chi connectivity index (χ0v) is 15.4. The quantitative estimate of drug-likeness (QED) is 0.811. The van der Waals surface area contributed by atoms with Gasteiger partial charge in [0, 0.05) is 6.04 Å². The molecule has 1 rings (SSSR count). The smallest absolute Gasteiger partial charge is 0.408 e. The minimum absolute atomic E-state index is 0.112. The highest BCUT2D eigenvalue weighted by Crippen LogP contribution is 2.12. The SMILES string of the molecule is CC(C)CC(NC(=O)OC(C)(C)C)C(=O)NC1CCN(C)CC1. The number of ether oxygens (including phenoxy) is 1. The van der Waals surface area contributed by atoms with Crippen LogP contribution in [-0.4, -0.2) is 54.7 Å². The molecular formula is C17H33N3O3. The van der Waals surface area contributed by atoms with Gasteiger partial charge >= 0.3 is 6.09 Å². The van der Waals surface area contributed by atoms with E-state index in [2.05, 4.69) is 22.6 Å².